The van der Waals surface area contributed by atoms with E-state index in [1.807, 2.05) is 31.2 Å². The number of aromatic nitrogens is 1. The minimum absolute atomic E-state index is 0.0636. The molecule has 1 aliphatic rings. The Hall–Kier alpha value is -2.28. The van der Waals surface area contributed by atoms with Crippen LogP contribution in [-0.2, 0) is 11.2 Å². The highest BCUT2D eigenvalue weighted by Gasteiger charge is 2.35. The molecule has 0 bridgehead atoms. The molecule has 1 aromatic carbocycles. The van der Waals surface area contributed by atoms with Crippen LogP contribution in [-0.4, -0.2) is 16.4 Å². The van der Waals surface area contributed by atoms with E-state index in [0.29, 0.717) is 6.42 Å². The first kappa shape index (κ1) is 13.7. The first-order valence-corrected chi connectivity index (χ1v) is 7.42. The monoisotopic (exact) mass is 281 g/mol. The number of para-hydroxylation sites is 1. The van der Waals surface area contributed by atoms with Gasteiger partial charge in [0.2, 0.25) is 5.91 Å². The molecule has 1 amide bonds. The number of hydrogen-bond acceptors (Lipinski definition) is 2. The maximum absolute atomic E-state index is 12.4. The van der Waals surface area contributed by atoms with Crippen molar-refractivity contribution in [3.63, 3.8) is 0 Å². The Balaban J connectivity index is 1.81. The first-order valence-electron chi connectivity index (χ1n) is 7.42. The van der Waals surface area contributed by atoms with Gasteiger partial charge in [0, 0.05) is 16.6 Å². The summed E-state index contributed by atoms with van der Waals surface area (Å²) in [5.74, 6) is -0.0636. The Morgan fingerprint density at radius 3 is 2.81 bits per heavy atom. The molecule has 21 heavy (non-hydrogen) atoms. The van der Waals surface area contributed by atoms with Crippen LogP contribution in [0.15, 0.2) is 24.3 Å². The number of H-pyrrole nitrogens is 1. The van der Waals surface area contributed by atoms with Gasteiger partial charge in [-0.25, -0.2) is 0 Å². The van der Waals surface area contributed by atoms with Gasteiger partial charge in [0.05, 0.1) is 12.5 Å². The van der Waals surface area contributed by atoms with Crippen LogP contribution in [0.25, 0.3) is 10.9 Å². The molecule has 0 spiro atoms. The van der Waals surface area contributed by atoms with Gasteiger partial charge in [0.15, 0.2) is 0 Å². The topological polar surface area (TPSA) is 68.7 Å². The highest BCUT2D eigenvalue weighted by Crippen LogP contribution is 2.29. The molecule has 1 heterocycles. The predicted molar refractivity (Wildman–Crippen MR) is 81.7 cm³/mol. The summed E-state index contributed by atoms with van der Waals surface area (Å²) in [6.07, 6.45) is 3.88. The van der Waals surface area contributed by atoms with E-state index in [-0.39, 0.29) is 5.91 Å². The number of carbonyl (C=O) groups excluding carboxylic acids is 1. The Labute approximate surface area is 124 Å². The van der Waals surface area contributed by atoms with Gasteiger partial charge in [-0.05, 0) is 44.2 Å². The molecule has 0 atom stereocenters. The van der Waals surface area contributed by atoms with E-state index in [1.54, 1.807) is 0 Å². The lowest BCUT2D eigenvalue weighted by Gasteiger charge is -2.22. The van der Waals surface area contributed by atoms with Crippen LogP contribution < -0.4 is 5.32 Å². The van der Waals surface area contributed by atoms with Gasteiger partial charge in [-0.2, -0.15) is 5.26 Å². The normalized spacial score (nSPS) is 16.8. The average Bonchev–Trinajstić information content (AvgIpc) is 3.05. The number of aryl methyl sites for hydroxylation is 1. The van der Waals surface area contributed by atoms with E-state index >= 15 is 0 Å². The third-order valence-corrected chi connectivity index (χ3v) is 4.41. The summed E-state index contributed by atoms with van der Waals surface area (Å²) in [7, 11) is 0. The lowest BCUT2D eigenvalue weighted by atomic mass is 9.99. The first-order chi connectivity index (χ1) is 10.1. The van der Waals surface area contributed by atoms with Crippen molar-refractivity contribution in [3.8, 4) is 6.07 Å². The number of amides is 1. The van der Waals surface area contributed by atoms with E-state index in [9.17, 15) is 10.1 Å². The Bertz CT molecular complexity index is 717. The highest BCUT2D eigenvalue weighted by molar-refractivity contribution is 5.90. The highest BCUT2D eigenvalue weighted by atomic mass is 16.1. The van der Waals surface area contributed by atoms with E-state index < -0.39 is 5.54 Å². The fourth-order valence-corrected chi connectivity index (χ4v) is 3.28. The molecule has 108 valence electrons. The van der Waals surface area contributed by atoms with Crippen LogP contribution in [0.3, 0.4) is 0 Å². The summed E-state index contributed by atoms with van der Waals surface area (Å²) in [4.78, 5) is 15.7. The number of hydrogen-bond donors (Lipinski definition) is 2. The molecule has 0 saturated heterocycles. The second-order valence-corrected chi connectivity index (χ2v) is 5.90. The van der Waals surface area contributed by atoms with Crippen LogP contribution in [0.2, 0.25) is 0 Å². The van der Waals surface area contributed by atoms with Crippen LogP contribution in [0.4, 0.5) is 0 Å². The van der Waals surface area contributed by atoms with Gasteiger partial charge in [0.25, 0.3) is 0 Å². The molecular formula is C17H19N3O. The van der Waals surface area contributed by atoms with Gasteiger partial charge in [0.1, 0.15) is 5.54 Å². The molecule has 0 radical (unpaired) electrons. The van der Waals surface area contributed by atoms with Crippen molar-refractivity contribution in [3.05, 3.63) is 35.5 Å². The van der Waals surface area contributed by atoms with Crippen LogP contribution in [0.5, 0.6) is 0 Å². The van der Waals surface area contributed by atoms with Gasteiger partial charge >= 0.3 is 0 Å². The van der Waals surface area contributed by atoms with Gasteiger partial charge < -0.3 is 10.3 Å². The van der Waals surface area contributed by atoms with E-state index in [1.165, 1.54) is 0 Å². The fraction of sp³-hybridized carbons (Fsp3) is 0.412. The lowest BCUT2D eigenvalue weighted by Crippen LogP contribution is -2.45. The number of nitrogens with one attached hydrogen (secondary N) is 2. The van der Waals surface area contributed by atoms with Gasteiger partial charge in [-0.3, -0.25) is 4.79 Å². The van der Waals surface area contributed by atoms with Crippen molar-refractivity contribution in [2.75, 3.05) is 0 Å². The zero-order chi connectivity index (χ0) is 14.9. The fourth-order valence-electron chi connectivity index (χ4n) is 3.28. The summed E-state index contributed by atoms with van der Waals surface area (Å²) in [5, 5.41) is 13.4. The van der Waals surface area contributed by atoms with E-state index in [4.69, 9.17) is 0 Å². The molecule has 2 aromatic rings. The minimum Gasteiger partial charge on any atom is -0.358 e. The van der Waals surface area contributed by atoms with Crippen LogP contribution >= 0.6 is 0 Å². The van der Waals surface area contributed by atoms with E-state index in [0.717, 1.165) is 47.8 Å². The minimum atomic E-state index is -0.642. The van der Waals surface area contributed by atoms with Crippen molar-refractivity contribution in [1.29, 1.82) is 5.26 Å². The second-order valence-electron chi connectivity index (χ2n) is 5.90. The van der Waals surface area contributed by atoms with Gasteiger partial charge in [-0.1, -0.05) is 18.2 Å². The molecule has 1 aliphatic carbocycles. The number of nitriles is 1. The predicted octanol–water partition coefficient (Wildman–Crippen LogP) is 2.97. The van der Waals surface area contributed by atoms with E-state index in [2.05, 4.69) is 16.4 Å². The molecule has 1 saturated carbocycles. The van der Waals surface area contributed by atoms with Crippen LogP contribution in [0.1, 0.15) is 36.9 Å². The maximum atomic E-state index is 12.4. The summed E-state index contributed by atoms with van der Waals surface area (Å²) in [6, 6.07) is 10.3. The standard InChI is InChI=1S/C17H19N3O/c1-12-14(13-6-2-3-7-15(13)19-12)10-16(21)20-17(11-18)8-4-5-9-17/h2-3,6-7,19H,4-5,8-10H2,1H3,(H,20,21). The van der Waals surface area contributed by atoms with Crippen molar-refractivity contribution >= 4 is 16.8 Å². The second kappa shape index (κ2) is 5.25. The molecule has 1 fully saturated rings. The summed E-state index contributed by atoms with van der Waals surface area (Å²) in [6.45, 7) is 1.98. The number of aromatic amines is 1. The van der Waals surface area contributed by atoms with Crippen molar-refractivity contribution in [1.82, 2.24) is 10.3 Å². The zero-order valence-electron chi connectivity index (χ0n) is 12.2. The Morgan fingerprint density at radius 2 is 2.10 bits per heavy atom. The average molecular weight is 281 g/mol. The summed E-state index contributed by atoms with van der Waals surface area (Å²) >= 11 is 0. The number of fused-ring (bicyclic) bond motifs is 1. The molecular weight excluding hydrogens is 262 g/mol. The smallest absolute Gasteiger partial charge is 0.225 e. The van der Waals surface area contributed by atoms with Crippen LogP contribution in [0, 0.1) is 18.3 Å². The molecule has 3 rings (SSSR count). The van der Waals surface area contributed by atoms with Crippen molar-refractivity contribution < 1.29 is 4.79 Å². The molecule has 0 unspecified atom stereocenters. The zero-order valence-corrected chi connectivity index (χ0v) is 12.2. The molecule has 0 aliphatic heterocycles. The molecule has 1 aromatic heterocycles. The number of rotatable bonds is 3. The molecule has 2 N–H and O–H groups in total. The van der Waals surface area contributed by atoms with Crippen molar-refractivity contribution in [2.24, 2.45) is 0 Å². The SMILES string of the molecule is Cc1[nH]c2ccccc2c1CC(=O)NC1(C#N)CCCC1. The largest absolute Gasteiger partial charge is 0.358 e. The Kier molecular flexibility index (Phi) is 3.42. The third-order valence-electron chi connectivity index (χ3n) is 4.41. The number of carbonyl (C=O) groups is 1. The summed E-state index contributed by atoms with van der Waals surface area (Å²) < 4.78 is 0. The molecule has 4 nitrogen and oxygen atoms in total. The summed E-state index contributed by atoms with van der Waals surface area (Å²) in [5.41, 5.74) is 2.45. The molecule has 4 heteroatoms. The number of benzene rings is 1. The third kappa shape index (κ3) is 2.52. The maximum Gasteiger partial charge on any atom is 0.225 e. The Morgan fingerprint density at radius 1 is 1.38 bits per heavy atom. The quantitative estimate of drug-likeness (QED) is 0.908. The lowest BCUT2D eigenvalue weighted by molar-refractivity contribution is -0.121. The van der Waals surface area contributed by atoms with Crippen molar-refractivity contribution in [2.45, 2.75) is 44.6 Å². The number of nitrogens with zero attached hydrogens (tertiary/aromatic N) is 1. The van der Waals surface area contributed by atoms with Gasteiger partial charge in [-0.15, -0.1) is 0 Å².